The molecule has 100 valence electrons. The van der Waals surface area contributed by atoms with E-state index in [9.17, 15) is 5.11 Å². The Hall–Kier alpha value is -0.970. The molecular weight excluding hydrogens is 226 g/mol. The summed E-state index contributed by atoms with van der Waals surface area (Å²) in [6.07, 6.45) is 7.12. The molecule has 1 aromatic rings. The molecule has 0 bridgehead atoms. The van der Waals surface area contributed by atoms with Crippen molar-refractivity contribution in [3.8, 4) is 0 Å². The zero-order chi connectivity index (χ0) is 13.0. The van der Waals surface area contributed by atoms with Gasteiger partial charge in [-0.1, -0.05) is 6.42 Å². The first-order chi connectivity index (χ1) is 8.76. The lowest BCUT2D eigenvalue weighted by molar-refractivity contribution is 0.199. The SMILES string of the molecule is Cc1ccncc1C(CN)NC1CCCC1CO. The van der Waals surface area contributed by atoms with Crippen molar-refractivity contribution >= 4 is 0 Å². The predicted molar refractivity (Wildman–Crippen MR) is 72.1 cm³/mol. The Morgan fingerprint density at radius 2 is 2.39 bits per heavy atom. The van der Waals surface area contributed by atoms with Crippen LogP contribution >= 0.6 is 0 Å². The maximum absolute atomic E-state index is 9.36. The minimum absolute atomic E-state index is 0.135. The fraction of sp³-hybridized carbons (Fsp3) is 0.643. The fourth-order valence-corrected chi connectivity index (χ4v) is 2.86. The normalized spacial score (nSPS) is 25.3. The van der Waals surface area contributed by atoms with Crippen molar-refractivity contribution in [3.05, 3.63) is 29.6 Å². The smallest absolute Gasteiger partial charge is 0.0474 e. The highest BCUT2D eigenvalue weighted by Gasteiger charge is 2.28. The molecule has 2 rings (SSSR count). The van der Waals surface area contributed by atoms with Gasteiger partial charge >= 0.3 is 0 Å². The number of pyridine rings is 1. The van der Waals surface area contributed by atoms with Gasteiger partial charge in [-0.15, -0.1) is 0 Å². The molecule has 0 radical (unpaired) electrons. The molecule has 1 aliphatic rings. The summed E-state index contributed by atoms with van der Waals surface area (Å²) < 4.78 is 0. The van der Waals surface area contributed by atoms with Gasteiger partial charge < -0.3 is 16.2 Å². The minimum atomic E-state index is 0.135. The van der Waals surface area contributed by atoms with E-state index in [2.05, 4.69) is 17.2 Å². The number of nitrogens with one attached hydrogen (secondary N) is 1. The molecule has 3 atom stereocenters. The Balaban J connectivity index is 2.08. The van der Waals surface area contributed by atoms with Gasteiger partial charge in [-0.25, -0.2) is 0 Å². The number of hydrogen-bond acceptors (Lipinski definition) is 4. The number of aliphatic hydroxyl groups is 1. The lowest BCUT2D eigenvalue weighted by Crippen LogP contribution is -2.40. The van der Waals surface area contributed by atoms with Gasteiger partial charge in [0.25, 0.3) is 0 Å². The molecule has 1 fully saturated rings. The van der Waals surface area contributed by atoms with Crippen molar-refractivity contribution in [2.24, 2.45) is 11.7 Å². The Labute approximate surface area is 109 Å². The highest BCUT2D eigenvalue weighted by Crippen LogP contribution is 2.27. The average Bonchev–Trinajstić information content (AvgIpc) is 2.84. The maximum atomic E-state index is 9.36. The molecule has 3 unspecified atom stereocenters. The van der Waals surface area contributed by atoms with E-state index in [0.717, 1.165) is 12.8 Å². The number of aromatic nitrogens is 1. The maximum Gasteiger partial charge on any atom is 0.0474 e. The van der Waals surface area contributed by atoms with Crippen molar-refractivity contribution in [1.29, 1.82) is 0 Å². The Bertz CT molecular complexity index is 383. The summed E-state index contributed by atoms with van der Waals surface area (Å²) >= 11 is 0. The van der Waals surface area contributed by atoms with Gasteiger partial charge in [0, 0.05) is 37.6 Å². The van der Waals surface area contributed by atoms with Crippen molar-refractivity contribution < 1.29 is 5.11 Å². The van der Waals surface area contributed by atoms with E-state index in [1.165, 1.54) is 17.5 Å². The van der Waals surface area contributed by atoms with Crippen LogP contribution in [0.1, 0.15) is 36.4 Å². The van der Waals surface area contributed by atoms with Crippen molar-refractivity contribution in [2.75, 3.05) is 13.2 Å². The molecule has 4 nitrogen and oxygen atoms in total. The highest BCUT2D eigenvalue weighted by atomic mass is 16.3. The molecular formula is C14H23N3O. The van der Waals surface area contributed by atoms with E-state index in [-0.39, 0.29) is 12.6 Å². The van der Waals surface area contributed by atoms with Gasteiger partial charge in [-0.3, -0.25) is 4.98 Å². The second-order valence-electron chi connectivity index (χ2n) is 5.17. The standard InChI is InChI=1S/C14H23N3O/c1-10-5-6-16-8-12(10)14(7-15)17-13-4-2-3-11(13)9-18/h5-6,8,11,13-14,17-18H,2-4,7,9,15H2,1H3. The molecule has 0 aliphatic heterocycles. The van der Waals surface area contributed by atoms with Crippen LogP contribution in [0.2, 0.25) is 0 Å². The van der Waals surface area contributed by atoms with E-state index in [1.807, 2.05) is 12.3 Å². The average molecular weight is 249 g/mol. The molecule has 1 heterocycles. The molecule has 18 heavy (non-hydrogen) atoms. The van der Waals surface area contributed by atoms with Crippen LogP contribution in [0.15, 0.2) is 18.5 Å². The topological polar surface area (TPSA) is 71.2 Å². The number of aryl methyl sites for hydroxylation is 1. The van der Waals surface area contributed by atoms with Crippen LogP contribution in [0.25, 0.3) is 0 Å². The van der Waals surface area contributed by atoms with Crippen LogP contribution in [0.5, 0.6) is 0 Å². The van der Waals surface area contributed by atoms with E-state index >= 15 is 0 Å². The summed E-state index contributed by atoms with van der Waals surface area (Å²) in [5.74, 6) is 0.371. The number of aliphatic hydroxyl groups excluding tert-OH is 1. The summed E-state index contributed by atoms with van der Waals surface area (Å²) in [5, 5.41) is 13.0. The van der Waals surface area contributed by atoms with Gasteiger partial charge in [0.2, 0.25) is 0 Å². The molecule has 1 aliphatic carbocycles. The van der Waals surface area contributed by atoms with Gasteiger partial charge in [0.1, 0.15) is 0 Å². The number of rotatable bonds is 5. The first-order valence-corrected chi connectivity index (χ1v) is 6.73. The van der Waals surface area contributed by atoms with E-state index in [0.29, 0.717) is 18.5 Å². The van der Waals surface area contributed by atoms with E-state index < -0.39 is 0 Å². The highest BCUT2D eigenvalue weighted by molar-refractivity contribution is 5.25. The van der Waals surface area contributed by atoms with Crippen LogP contribution in [-0.2, 0) is 0 Å². The lowest BCUT2D eigenvalue weighted by Gasteiger charge is -2.26. The summed E-state index contributed by atoms with van der Waals surface area (Å²) in [7, 11) is 0. The van der Waals surface area contributed by atoms with Gasteiger partial charge in [0.05, 0.1) is 0 Å². The quantitative estimate of drug-likeness (QED) is 0.732. The van der Waals surface area contributed by atoms with Crippen LogP contribution in [0, 0.1) is 12.8 Å². The fourth-order valence-electron chi connectivity index (χ4n) is 2.86. The number of nitrogens with two attached hydrogens (primary N) is 1. The zero-order valence-electron chi connectivity index (χ0n) is 11.0. The summed E-state index contributed by atoms with van der Waals surface area (Å²) in [6.45, 7) is 2.90. The third-order valence-electron chi connectivity index (χ3n) is 4.00. The van der Waals surface area contributed by atoms with Gasteiger partial charge in [-0.05, 0) is 42.9 Å². The molecule has 1 aromatic heterocycles. The molecule has 1 saturated carbocycles. The van der Waals surface area contributed by atoms with E-state index in [1.54, 1.807) is 6.20 Å². The van der Waals surface area contributed by atoms with Gasteiger partial charge in [-0.2, -0.15) is 0 Å². The summed E-state index contributed by atoms with van der Waals surface area (Å²) in [5.41, 5.74) is 8.27. The third-order valence-corrected chi connectivity index (χ3v) is 4.00. The van der Waals surface area contributed by atoms with Crippen molar-refractivity contribution in [3.63, 3.8) is 0 Å². The largest absolute Gasteiger partial charge is 0.396 e. The molecule has 0 spiro atoms. The van der Waals surface area contributed by atoms with Crippen molar-refractivity contribution in [1.82, 2.24) is 10.3 Å². The molecule has 0 aromatic carbocycles. The monoisotopic (exact) mass is 249 g/mol. The minimum Gasteiger partial charge on any atom is -0.396 e. The number of hydrogen-bond donors (Lipinski definition) is 3. The Morgan fingerprint density at radius 1 is 1.56 bits per heavy atom. The number of nitrogens with zero attached hydrogens (tertiary/aromatic N) is 1. The first-order valence-electron chi connectivity index (χ1n) is 6.73. The second kappa shape index (κ2) is 6.27. The third kappa shape index (κ3) is 2.88. The molecule has 0 amide bonds. The molecule has 4 N–H and O–H groups in total. The summed E-state index contributed by atoms with van der Waals surface area (Å²) in [6, 6.07) is 2.52. The summed E-state index contributed by atoms with van der Waals surface area (Å²) in [4.78, 5) is 4.18. The predicted octanol–water partition coefficient (Wildman–Crippen LogP) is 1.14. The Kier molecular flexibility index (Phi) is 4.69. The van der Waals surface area contributed by atoms with Gasteiger partial charge in [0.15, 0.2) is 0 Å². The van der Waals surface area contributed by atoms with E-state index in [4.69, 9.17) is 5.73 Å². The zero-order valence-corrected chi connectivity index (χ0v) is 11.0. The van der Waals surface area contributed by atoms with Crippen LogP contribution in [0.3, 0.4) is 0 Å². The van der Waals surface area contributed by atoms with Crippen molar-refractivity contribution in [2.45, 2.75) is 38.3 Å². The molecule has 4 heteroatoms. The first kappa shape index (κ1) is 13.5. The molecule has 0 saturated heterocycles. The van der Waals surface area contributed by atoms with Crippen LogP contribution in [0.4, 0.5) is 0 Å². The van der Waals surface area contributed by atoms with Crippen LogP contribution < -0.4 is 11.1 Å². The second-order valence-corrected chi connectivity index (χ2v) is 5.17. The Morgan fingerprint density at radius 3 is 3.06 bits per heavy atom. The van der Waals surface area contributed by atoms with Crippen LogP contribution in [-0.4, -0.2) is 29.3 Å². The lowest BCUT2D eigenvalue weighted by atomic mass is 9.99.